The summed E-state index contributed by atoms with van der Waals surface area (Å²) in [5.41, 5.74) is 9.28. The summed E-state index contributed by atoms with van der Waals surface area (Å²) >= 11 is 0. The fraction of sp³-hybridized carbons (Fsp3) is 0.300. The van der Waals surface area contributed by atoms with Gasteiger partial charge < -0.3 is 15.4 Å². The third-order valence-corrected chi connectivity index (χ3v) is 5.07. The lowest BCUT2D eigenvalue weighted by molar-refractivity contribution is 0.359. The predicted molar refractivity (Wildman–Crippen MR) is 98.1 cm³/mol. The van der Waals surface area contributed by atoms with Gasteiger partial charge in [0.2, 0.25) is 0 Å². The molecule has 1 aliphatic rings. The van der Waals surface area contributed by atoms with E-state index in [9.17, 15) is 10.4 Å². The maximum absolute atomic E-state index is 9.67. The number of anilines is 1. The van der Waals surface area contributed by atoms with Crippen molar-refractivity contribution in [1.29, 1.82) is 5.26 Å². The number of nitrogens with two attached hydrogens (primary N) is 1. The van der Waals surface area contributed by atoms with Gasteiger partial charge >= 0.3 is 0 Å². The lowest BCUT2D eigenvalue weighted by Gasteiger charge is -2.23. The number of nitriles is 1. The minimum Gasteiger partial charge on any atom is -0.508 e. The van der Waals surface area contributed by atoms with E-state index in [2.05, 4.69) is 15.6 Å². The molecule has 0 radical (unpaired) electrons. The Morgan fingerprint density at radius 2 is 1.88 bits per heavy atom. The average molecular weight is 332 g/mol. The third-order valence-electron chi connectivity index (χ3n) is 5.07. The van der Waals surface area contributed by atoms with E-state index in [4.69, 9.17) is 5.73 Å². The monoisotopic (exact) mass is 332 g/mol. The van der Waals surface area contributed by atoms with Crippen LogP contribution in [0.5, 0.6) is 5.75 Å². The van der Waals surface area contributed by atoms with Crippen LogP contribution in [-0.4, -0.2) is 14.7 Å². The van der Waals surface area contributed by atoms with Crippen molar-refractivity contribution in [3.8, 4) is 22.9 Å². The van der Waals surface area contributed by atoms with Crippen LogP contribution in [0.1, 0.15) is 43.7 Å². The van der Waals surface area contributed by atoms with E-state index < -0.39 is 0 Å². The Morgan fingerprint density at radius 3 is 2.56 bits per heavy atom. The molecular weight excluding hydrogens is 312 g/mol. The highest BCUT2D eigenvalue weighted by molar-refractivity contribution is 5.99. The second-order valence-corrected chi connectivity index (χ2v) is 6.69. The summed E-state index contributed by atoms with van der Waals surface area (Å²) in [5.74, 6) is 0.650. The smallest absolute Gasteiger partial charge is 0.144 e. The van der Waals surface area contributed by atoms with Gasteiger partial charge in [-0.25, -0.2) is 4.98 Å². The summed E-state index contributed by atoms with van der Waals surface area (Å²) in [4.78, 5) is 4.56. The fourth-order valence-electron chi connectivity index (χ4n) is 3.86. The first-order valence-corrected chi connectivity index (χ1v) is 8.68. The molecule has 5 heteroatoms. The minimum absolute atomic E-state index is 0.210. The first kappa shape index (κ1) is 15.5. The standard InChI is InChI=1S/C20H20N4O/c21-11-14-12-24(15-4-2-1-3-5-15)20-19(14)17(10-18(22)23-20)13-6-8-16(25)9-7-13/h6-10,12,15,25H,1-5H2,(H2,22,23). The summed E-state index contributed by atoms with van der Waals surface area (Å²) < 4.78 is 2.15. The minimum atomic E-state index is 0.210. The van der Waals surface area contributed by atoms with E-state index in [1.807, 2.05) is 18.3 Å². The van der Waals surface area contributed by atoms with Crippen molar-refractivity contribution < 1.29 is 5.11 Å². The molecule has 1 aliphatic carbocycles. The molecule has 2 heterocycles. The van der Waals surface area contributed by atoms with Gasteiger partial charge in [-0.2, -0.15) is 5.26 Å². The van der Waals surface area contributed by atoms with Crippen LogP contribution in [0, 0.1) is 11.3 Å². The van der Waals surface area contributed by atoms with Crippen LogP contribution in [-0.2, 0) is 0 Å². The molecule has 126 valence electrons. The summed E-state index contributed by atoms with van der Waals surface area (Å²) in [5, 5.41) is 20.1. The zero-order chi connectivity index (χ0) is 17.4. The van der Waals surface area contributed by atoms with Gasteiger partial charge in [0.05, 0.1) is 5.56 Å². The van der Waals surface area contributed by atoms with Crippen LogP contribution in [0.15, 0.2) is 36.5 Å². The molecule has 1 fully saturated rings. The Morgan fingerprint density at radius 1 is 1.16 bits per heavy atom. The van der Waals surface area contributed by atoms with Crippen molar-refractivity contribution in [2.75, 3.05) is 5.73 Å². The van der Waals surface area contributed by atoms with E-state index >= 15 is 0 Å². The number of aromatic hydroxyl groups is 1. The van der Waals surface area contributed by atoms with Gasteiger partial charge in [0.15, 0.2) is 0 Å². The van der Waals surface area contributed by atoms with Gasteiger partial charge in [0, 0.05) is 17.6 Å². The van der Waals surface area contributed by atoms with Crippen LogP contribution < -0.4 is 5.73 Å². The molecule has 0 saturated heterocycles. The van der Waals surface area contributed by atoms with Crippen molar-refractivity contribution in [3.63, 3.8) is 0 Å². The van der Waals surface area contributed by atoms with Crippen molar-refractivity contribution in [2.45, 2.75) is 38.1 Å². The lowest BCUT2D eigenvalue weighted by Crippen LogP contribution is -2.12. The van der Waals surface area contributed by atoms with E-state index in [0.29, 0.717) is 17.4 Å². The van der Waals surface area contributed by atoms with Crippen LogP contribution in [0.2, 0.25) is 0 Å². The number of pyridine rings is 1. The maximum atomic E-state index is 9.67. The third kappa shape index (κ3) is 2.70. The SMILES string of the molecule is N#Cc1cn(C2CCCCC2)c2nc(N)cc(-c3ccc(O)cc3)c12. The summed E-state index contributed by atoms with van der Waals surface area (Å²) in [6.45, 7) is 0. The van der Waals surface area contributed by atoms with Gasteiger partial charge in [-0.05, 0) is 42.2 Å². The first-order chi connectivity index (χ1) is 12.2. The number of nitrogens with zero attached hydrogens (tertiary/aromatic N) is 3. The number of rotatable bonds is 2. The molecule has 2 aromatic heterocycles. The molecular formula is C20H20N4O. The Bertz CT molecular complexity index is 960. The van der Waals surface area contributed by atoms with Crippen molar-refractivity contribution in [1.82, 2.24) is 9.55 Å². The highest BCUT2D eigenvalue weighted by Gasteiger charge is 2.22. The molecule has 0 spiro atoms. The number of hydrogen-bond acceptors (Lipinski definition) is 4. The fourth-order valence-corrected chi connectivity index (χ4v) is 3.86. The average Bonchev–Trinajstić information content (AvgIpc) is 3.01. The normalized spacial score (nSPS) is 15.3. The zero-order valence-corrected chi connectivity index (χ0v) is 13.9. The molecule has 1 saturated carbocycles. The van der Waals surface area contributed by atoms with Gasteiger partial charge in [-0.15, -0.1) is 0 Å². The molecule has 0 aliphatic heterocycles. The van der Waals surface area contributed by atoms with Crippen LogP contribution >= 0.6 is 0 Å². The molecule has 4 rings (SSSR count). The van der Waals surface area contributed by atoms with Gasteiger partial charge in [0.25, 0.3) is 0 Å². The second-order valence-electron chi connectivity index (χ2n) is 6.69. The van der Waals surface area contributed by atoms with Crippen LogP contribution in [0.4, 0.5) is 5.82 Å². The van der Waals surface area contributed by atoms with Crippen molar-refractivity contribution in [2.24, 2.45) is 0 Å². The van der Waals surface area contributed by atoms with E-state index in [-0.39, 0.29) is 5.75 Å². The molecule has 3 N–H and O–H groups in total. The largest absolute Gasteiger partial charge is 0.508 e. The summed E-state index contributed by atoms with van der Waals surface area (Å²) in [6.07, 6.45) is 7.84. The quantitative estimate of drug-likeness (QED) is 0.729. The number of nitrogen functional groups attached to an aromatic ring is 1. The molecule has 5 nitrogen and oxygen atoms in total. The Balaban J connectivity index is 1.96. The number of hydrogen-bond donors (Lipinski definition) is 2. The molecule has 0 amide bonds. The highest BCUT2D eigenvalue weighted by atomic mass is 16.3. The van der Waals surface area contributed by atoms with Gasteiger partial charge in [-0.3, -0.25) is 0 Å². The number of phenolic OH excluding ortho intramolecular Hbond substituents is 1. The lowest BCUT2D eigenvalue weighted by atomic mass is 9.95. The predicted octanol–water partition coefficient (Wildman–Crippen LogP) is 4.37. The van der Waals surface area contributed by atoms with Gasteiger partial charge in [0.1, 0.15) is 23.3 Å². The van der Waals surface area contributed by atoms with Crippen molar-refractivity contribution in [3.05, 3.63) is 42.1 Å². The maximum Gasteiger partial charge on any atom is 0.144 e. The van der Waals surface area contributed by atoms with Crippen LogP contribution in [0.3, 0.4) is 0 Å². The first-order valence-electron chi connectivity index (χ1n) is 8.68. The second kappa shape index (κ2) is 6.14. The summed E-state index contributed by atoms with van der Waals surface area (Å²) in [7, 11) is 0. The molecule has 0 bridgehead atoms. The van der Waals surface area contributed by atoms with Crippen molar-refractivity contribution >= 4 is 16.9 Å². The van der Waals surface area contributed by atoms with Crippen LogP contribution in [0.25, 0.3) is 22.2 Å². The Hall–Kier alpha value is -3.00. The zero-order valence-electron chi connectivity index (χ0n) is 13.9. The molecule has 0 atom stereocenters. The molecule has 25 heavy (non-hydrogen) atoms. The Labute approximate surface area is 146 Å². The number of fused-ring (bicyclic) bond motifs is 1. The topological polar surface area (TPSA) is 87.9 Å². The van der Waals surface area contributed by atoms with E-state index in [1.165, 1.54) is 19.3 Å². The molecule has 1 aromatic carbocycles. The highest BCUT2D eigenvalue weighted by Crippen LogP contribution is 2.37. The van der Waals surface area contributed by atoms with Gasteiger partial charge in [-0.1, -0.05) is 31.4 Å². The number of aromatic nitrogens is 2. The number of benzene rings is 1. The molecule has 3 aromatic rings. The molecule has 0 unspecified atom stereocenters. The Kier molecular flexibility index (Phi) is 3.81. The number of phenols is 1. The van der Waals surface area contributed by atoms with E-state index in [0.717, 1.165) is 35.0 Å². The van der Waals surface area contributed by atoms with E-state index in [1.54, 1.807) is 18.2 Å². The summed E-state index contributed by atoms with van der Waals surface area (Å²) in [6, 6.07) is 11.5.